The van der Waals surface area contributed by atoms with E-state index in [1.807, 2.05) is 19.9 Å². The van der Waals surface area contributed by atoms with Gasteiger partial charge in [-0.25, -0.2) is 4.79 Å². The third kappa shape index (κ3) is 3.47. The van der Waals surface area contributed by atoms with E-state index in [9.17, 15) is 14.7 Å². The molecule has 0 saturated carbocycles. The molecule has 0 aliphatic heterocycles. The summed E-state index contributed by atoms with van der Waals surface area (Å²) in [6.45, 7) is 3.82. The van der Waals surface area contributed by atoms with E-state index >= 15 is 0 Å². The maximum Gasteiger partial charge on any atom is 0.338 e. The molecule has 2 aromatic rings. The van der Waals surface area contributed by atoms with Gasteiger partial charge in [0, 0.05) is 5.69 Å². The van der Waals surface area contributed by atoms with E-state index in [1.165, 1.54) is 0 Å². The molecule has 0 aromatic heterocycles. The van der Waals surface area contributed by atoms with Crippen LogP contribution in [0.3, 0.4) is 0 Å². The van der Waals surface area contributed by atoms with Gasteiger partial charge in [0.25, 0.3) is 5.91 Å². The van der Waals surface area contributed by atoms with Crippen LogP contribution in [0.25, 0.3) is 0 Å². The molecule has 2 N–H and O–H groups in total. The van der Waals surface area contributed by atoms with E-state index < -0.39 is 17.4 Å². The molecule has 1 amide bonds. The fourth-order valence-corrected chi connectivity index (χ4v) is 3.08. The van der Waals surface area contributed by atoms with E-state index in [4.69, 9.17) is 46.4 Å². The van der Waals surface area contributed by atoms with Crippen LogP contribution in [0.5, 0.6) is 0 Å². The maximum absolute atomic E-state index is 12.6. The SMILES string of the molecule is Cc1ccc(NC(=O)c2c(Cl)c(Cl)c(Cl)c(Cl)c2C(=O)O)cc1C. The van der Waals surface area contributed by atoms with Gasteiger partial charge in [0.05, 0.1) is 31.2 Å². The first-order valence-electron chi connectivity index (χ1n) is 6.63. The molecule has 0 aliphatic rings. The number of aryl methyl sites for hydroxylation is 2. The normalized spacial score (nSPS) is 10.6. The minimum absolute atomic E-state index is 0.182. The van der Waals surface area contributed by atoms with Crippen molar-refractivity contribution in [1.82, 2.24) is 0 Å². The second-order valence-corrected chi connectivity index (χ2v) is 6.58. The number of carboxylic acid groups (broad SMARTS) is 1. The summed E-state index contributed by atoms with van der Waals surface area (Å²) in [7, 11) is 0. The Balaban J connectivity index is 2.56. The van der Waals surface area contributed by atoms with Gasteiger partial charge in [0.2, 0.25) is 0 Å². The Morgan fingerprint density at radius 1 is 0.875 bits per heavy atom. The van der Waals surface area contributed by atoms with Crippen LogP contribution in [-0.2, 0) is 0 Å². The van der Waals surface area contributed by atoms with Gasteiger partial charge in [0.15, 0.2) is 0 Å². The predicted molar refractivity (Wildman–Crippen MR) is 97.3 cm³/mol. The minimum atomic E-state index is -1.44. The first-order chi connectivity index (χ1) is 11.1. The molecule has 0 heterocycles. The van der Waals surface area contributed by atoms with Crippen LogP contribution >= 0.6 is 46.4 Å². The Morgan fingerprint density at radius 3 is 1.92 bits per heavy atom. The molecule has 2 rings (SSSR count). The lowest BCUT2D eigenvalue weighted by molar-refractivity contribution is 0.0692. The van der Waals surface area contributed by atoms with Crippen molar-refractivity contribution in [2.45, 2.75) is 13.8 Å². The lowest BCUT2D eigenvalue weighted by atomic mass is 10.1. The van der Waals surface area contributed by atoms with Crippen molar-refractivity contribution >= 4 is 64.0 Å². The Labute approximate surface area is 158 Å². The van der Waals surface area contributed by atoms with Crippen LogP contribution in [0.2, 0.25) is 20.1 Å². The first-order valence-corrected chi connectivity index (χ1v) is 8.14. The summed E-state index contributed by atoms with van der Waals surface area (Å²) in [5.41, 5.74) is 1.65. The van der Waals surface area contributed by atoms with Crippen molar-refractivity contribution < 1.29 is 14.7 Å². The first kappa shape index (κ1) is 18.9. The van der Waals surface area contributed by atoms with Gasteiger partial charge in [-0.2, -0.15) is 0 Å². The molecule has 0 atom stereocenters. The van der Waals surface area contributed by atoms with Crippen molar-refractivity contribution in [1.29, 1.82) is 0 Å². The molecular formula is C16H11Cl4NO3. The zero-order chi connectivity index (χ0) is 18.2. The lowest BCUT2D eigenvalue weighted by Crippen LogP contribution is -2.18. The maximum atomic E-state index is 12.6. The fraction of sp³-hybridized carbons (Fsp3) is 0.125. The van der Waals surface area contributed by atoms with E-state index in [-0.39, 0.29) is 25.7 Å². The van der Waals surface area contributed by atoms with Crippen LogP contribution in [-0.4, -0.2) is 17.0 Å². The van der Waals surface area contributed by atoms with Gasteiger partial charge in [-0.15, -0.1) is 0 Å². The third-order valence-electron chi connectivity index (χ3n) is 3.47. The van der Waals surface area contributed by atoms with Crippen LogP contribution in [0.4, 0.5) is 5.69 Å². The van der Waals surface area contributed by atoms with Crippen LogP contribution < -0.4 is 5.32 Å². The lowest BCUT2D eigenvalue weighted by Gasteiger charge is -2.14. The number of hydrogen-bond acceptors (Lipinski definition) is 2. The molecule has 0 unspecified atom stereocenters. The number of carbonyl (C=O) groups is 2. The van der Waals surface area contributed by atoms with E-state index in [1.54, 1.807) is 12.1 Å². The number of benzene rings is 2. The number of hydrogen-bond donors (Lipinski definition) is 2. The Morgan fingerprint density at radius 2 is 1.42 bits per heavy atom. The number of anilines is 1. The molecule has 24 heavy (non-hydrogen) atoms. The largest absolute Gasteiger partial charge is 0.478 e. The number of halogens is 4. The van der Waals surface area contributed by atoms with Crippen molar-refractivity contribution in [3.05, 3.63) is 60.5 Å². The molecule has 126 valence electrons. The van der Waals surface area contributed by atoms with E-state index in [2.05, 4.69) is 5.32 Å². The zero-order valence-electron chi connectivity index (χ0n) is 12.5. The summed E-state index contributed by atoms with van der Waals surface area (Å²) in [5, 5.41) is 10.9. The summed E-state index contributed by atoms with van der Waals surface area (Å²) >= 11 is 23.8. The third-order valence-corrected chi connectivity index (χ3v) is 5.27. The topological polar surface area (TPSA) is 66.4 Å². The van der Waals surface area contributed by atoms with Crippen molar-refractivity contribution in [3.63, 3.8) is 0 Å². The highest BCUT2D eigenvalue weighted by molar-refractivity contribution is 6.54. The van der Waals surface area contributed by atoms with Crippen molar-refractivity contribution in [2.24, 2.45) is 0 Å². The van der Waals surface area contributed by atoms with Crippen LogP contribution in [0.15, 0.2) is 18.2 Å². The van der Waals surface area contributed by atoms with Crippen molar-refractivity contribution in [2.75, 3.05) is 5.32 Å². The Bertz CT molecular complexity index is 865. The number of rotatable bonds is 3. The quantitative estimate of drug-likeness (QED) is 0.494. The fourth-order valence-electron chi connectivity index (χ4n) is 2.06. The number of carbonyl (C=O) groups excluding carboxylic acids is 1. The highest BCUT2D eigenvalue weighted by Crippen LogP contribution is 2.41. The van der Waals surface area contributed by atoms with Gasteiger partial charge in [-0.05, 0) is 37.1 Å². The molecule has 0 spiro atoms. The van der Waals surface area contributed by atoms with Gasteiger partial charge >= 0.3 is 5.97 Å². The monoisotopic (exact) mass is 405 g/mol. The molecule has 0 radical (unpaired) electrons. The van der Waals surface area contributed by atoms with Gasteiger partial charge in [-0.3, -0.25) is 4.79 Å². The summed E-state index contributed by atoms with van der Waals surface area (Å²) < 4.78 is 0. The molecule has 8 heteroatoms. The van der Waals surface area contributed by atoms with Crippen LogP contribution in [0.1, 0.15) is 31.8 Å². The highest BCUT2D eigenvalue weighted by Gasteiger charge is 2.28. The highest BCUT2D eigenvalue weighted by atomic mass is 35.5. The van der Waals surface area contributed by atoms with Gasteiger partial charge in [-0.1, -0.05) is 52.5 Å². The number of nitrogens with one attached hydrogen (secondary N) is 1. The molecule has 0 fully saturated rings. The number of amides is 1. The summed E-state index contributed by atoms with van der Waals surface area (Å²) in [5.74, 6) is -2.19. The number of aromatic carboxylic acids is 1. The Kier molecular flexibility index (Phi) is 5.66. The zero-order valence-corrected chi connectivity index (χ0v) is 15.5. The van der Waals surface area contributed by atoms with Gasteiger partial charge < -0.3 is 10.4 Å². The summed E-state index contributed by atoms with van der Waals surface area (Å²) in [4.78, 5) is 24.0. The second-order valence-electron chi connectivity index (χ2n) is 5.06. The molecule has 2 aromatic carbocycles. The minimum Gasteiger partial charge on any atom is -0.478 e. The smallest absolute Gasteiger partial charge is 0.338 e. The second kappa shape index (κ2) is 7.19. The molecule has 0 aliphatic carbocycles. The molecule has 4 nitrogen and oxygen atoms in total. The number of carboxylic acids is 1. The molecular weight excluding hydrogens is 396 g/mol. The standard InChI is InChI=1S/C16H11Cl4NO3/c1-6-3-4-8(5-7(6)2)21-15(22)9-10(16(23)24)12(18)14(20)13(19)11(9)17/h3-5H,1-2H3,(H,21,22)(H,23,24). The summed E-state index contributed by atoms with van der Waals surface area (Å²) in [6.07, 6.45) is 0. The van der Waals surface area contributed by atoms with E-state index in [0.717, 1.165) is 11.1 Å². The molecule has 0 saturated heterocycles. The predicted octanol–water partition coefficient (Wildman–Crippen LogP) is 5.87. The van der Waals surface area contributed by atoms with Gasteiger partial charge in [0.1, 0.15) is 0 Å². The average Bonchev–Trinajstić information content (AvgIpc) is 2.51. The Hall–Kier alpha value is -1.46. The average molecular weight is 407 g/mol. The van der Waals surface area contributed by atoms with Crippen LogP contribution in [0, 0.1) is 13.8 Å². The molecule has 0 bridgehead atoms. The van der Waals surface area contributed by atoms with Crippen molar-refractivity contribution in [3.8, 4) is 0 Å². The van der Waals surface area contributed by atoms with E-state index in [0.29, 0.717) is 5.69 Å². The summed E-state index contributed by atoms with van der Waals surface area (Å²) in [6, 6.07) is 5.26.